The lowest BCUT2D eigenvalue weighted by atomic mass is 9.96. The topological polar surface area (TPSA) is 61.9 Å². The zero-order valence-electron chi connectivity index (χ0n) is 20.8. The first kappa shape index (κ1) is 25.1. The second-order valence-electron chi connectivity index (χ2n) is 10.2. The highest BCUT2D eigenvalue weighted by Gasteiger charge is 2.39. The third-order valence-electron chi connectivity index (χ3n) is 7.80. The summed E-state index contributed by atoms with van der Waals surface area (Å²) >= 11 is 6.35. The normalized spacial score (nSPS) is 23.2. The summed E-state index contributed by atoms with van der Waals surface area (Å²) in [6, 6.07) is 17.4. The Balaban J connectivity index is 1.30. The van der Waals surface area contributed by atoms with Gasteiger partial charge in [-0.25, -0.2) is 4.79 Å². The van der Waals surface area contributed by atoms with Crippen LogP contribution < -0.4 is 10.2 Å². The Bertz CT molecular complexity index is 1030. The molecule has 2 heterocycles. The predicted octanol–water partition coefficient (Wildman–Crippen LogP) is 5.87. The van der Waals surface area contributed by atoms with Crippen molar-refractivity contribution in [3.8, 4) is 0 Å². The molecule has 0 radical (unpaired) electrons. The second kappa shape index (κ2) is 11.7. The van der Waals surface area contributed by atoms with Gasteiger partial charge >= 0.3 is 5.97 Å². The highest BCUT2D eigenvalue weighted by molar-refractivity contribution is 6.35. The number of rotatable bonds is 5. The van der Waals surface area contributed by atoms with Gasteiger partial charge in [-0.15, -0.1) is 0 Å². The highest BCUT2D eigenvalue weighted by atomic mass is 35.5. The molecule has 1 amide bonds. The minimum Gasteiger partial charge on any atom is -0.461 e. The van der Waals surface area contributed by atoms with Crippen molar-refractivity contribution in [2.24, 2.45) is 0 Å². The molecule has 1 saturated heterocycles. The number of nitrogens with one attached hydrogen (secondary N) is 1. The maximum Gasteiger partial charge on any atom is 0.328 e. The molecule has 6 nitrogen and oxygen atoms in total. The minimum absolute atomic E-state index is 0.0113. The Morgan fingerprint density at radius 3 is 2.25 bits per heavy atom. The molecular formula is C29H36ClN3O3. The summed E-state index contributed by atoms with van der Waals surface area (Å²) in [5, 5.41) is 3.09. The molecular weight excluding hydrogens is 474 g/mol. The fourth-order valence-corrected chi connectivity index (χ4v) is 6.14. The smallest absolute Gasteiger partial charge is 0.328 e. The molecule has 1 saturated carbocycles. The number of ether oxygens (including phenoxy) is 1. The highest BCUT2D eigenvalue weighted by Crippen LogP contribution is 2.37. The summed E-state index contributed by atoms with van der Waals surface area (Å²) in [4.78, 5) is 30.7. The third kappa shape index (κ3) is 5.55. The molecule has 1 aliphatic carbocycles. The number of carbonyl (C=O) groups excluding carboxylic acids is 2. The summed E-state index contributed by atoms with van der Waals surface area (Å²) in [6.45, 7) is 1.41. The molecule has 2 unspecified atom stereocenters. The number of carbonyl (C=O) groups is 2. The first-order valence-electron chi connectivity index (χ1n) is 13.4. The molecule has 2 fully saturated rings. The number of benzene rings is 2. The van der Waals surface area contributed by atoms with Crippen LogP contribution in [-0.4, -0.2) is 47.5 Å². The van der Waals surface area contributed by atoms with Gasteiger partial charge in [0.2, 0.25) is 0 Å². The summed E-state index contributed by atoms with van der Waals surface area (Å²) < 4.78 is 6.15. The van der Waals surface area contributed by atoms with Gasteiger partial charge in [-0.3, -0.25) is 9.69 Å². The van der Waals surface area contributed by atoms with E-state index in [1.807, 2.05) is 59.5 Å². The van der Waals surface area contributed by atoms with Gasteiger partial charge in [-0.1, -0.05) is 73.3 Å². The van der Waals surface area contributed by atoms with Crippen molar-refractivity contribution in [3.05, 3.63) is 60.2 Å². The number of halogens is 1. The van der Waals surface area contributed by atoms with Crippen LogP contribution in [0, 0.1) is 0 Å². The molecule has 2 atom stereocenters. The number of anilines is 2. The Kier molecular flexibility index (Phi) is 8.12. The lowest BCUT2D eigenvalue weighted by Gasteiger charge is -2.43. The van der Waals surface area contributed by atoms with Gasteiger partial charge in [-0.2, -0.15) is 0 Å². The monoisotopic (exact) mass is 509 g/mol. The Morgan fingerprint density at radius 1 is 0.889 bits per heavy atom. The summed E-state index contributed by atoms with van der Waals surface area (Å²) in [5.74, 6) is -0.258. The molecule has 7 heteroatoms. The molecule has 2 aromatic carbocycles. The number of piperidine rings is 1. The van der Waals surface area contributed by atoms with Crippen LogP contribution in [-0.2, 0) is 14.3 Å². The molecule has 1 N–H and O–H groups in total. The van der Waals surface area contributed by atoms with Crippen LogP contribution in [0.3, 0.4) is 0 Å². The molecule has 5 rings (SSSR count). The van der Waals surface area contributed by atoms with Crippen LogP contribution in [0.2, 0.25) is 0 Å². The van der Waals surface area contributed by atoms with Crippen LogP contribution in [0.15, 0.2) is 54.6 Å². The van der Waals surface area contributed by atoms with Gasteiger partial charge in [0.05, 0.1) is 11.4 Å². The number of likely N-dealkylation sites (tertiary alicyclic amines) is 1. The molecule has 0 bridgehead atoms. The molecule has 2 aliphatic heterocycles. The number of nitrogens with zero attached hydrogens (tertiary/aromatic N) is 2. The van der Waals surface area contributed by atoms with Crippen molar-refractivity contribution >= 4 is 34.9 Å². The van der Waals surface area contributed by atoms with E-state index in [1.165, 1.54) is 19.3 Å². The predicted molar refractivity (Wildman–Crippen MR) is 143 cm³/mol. The standard InChI is InChI=1S/C29H36ClN3O3/c30-27-28(34)33(25-16-10-9-15-24(25)31-27)22-17-19-32(20-18-22)26(21-11-5-4-6-12-21)29(35)36-23-13-7-2-1-3-8-14-23/h4-6,9-12,15-16,22-23,26-27,31H,1-3,7-8,13-14,17-20H2. The van der Waals surface area contributed by atoms with E-state index < -0.39 is 11.5 Å². The fraction of sp³-hybridized carbons (Fsp3) is 0.517. The van der Waals surface area contributed by atoms with Crippen LogP contribution in [0.4, 0.5) is 11.4 Å². The van der Waals surface area contributed by atoms with Crippen molar-refractivity contribution in [1.82, 2.24) is 4.90 Å². The zero-order valence-corrected chi connectivity index (χ0v) is 21.5. The molecule has 192 valence electrons. The van der Waals surface area contributed by atoms with E-state index in [0.717, 1.165) is 55.5 Å². The number of fused-ring (bicyclic) bond motifs is 1. The minimum atomic E-state index is -0.770. The Hall–Kier alpha value is -2.57. The largest absolute Gasteiger partial charge is 0.461 e. The van der Waals surface area contributed by atoms with E-state index in [1.54, 1.807) is 0 Å². The lowest BCUT2D eigenvalue weighted by molar-refractivity contribution is -0.157. The third-order valence-corrected chi connectivity index (χ3v) is 8.10. The van der Waals surface area contributed by atoms with Crippen molar-refractivity contribution in [1.29, 1.82) is 0 Å². The van der Waals surface area contributed by atoms with E-state index in [9.17, 15) is 9.59 Å². The molecule has 0 aromatic heterocycles. The molecule has 3 aliphatic rings. The first-order valence-corrected chi connectivity index (χ1v) is 13.9. The number of esters is 1. The maximum absolute atomic E-state index is 13.6. The lowest BCUT2D eigenvalue weighted by Crippen LogP contribution is -2.54. The van der Waals surface area contributed by atoms with E-state index in [-0.39, 0.29) is 24.0 Å². The van der Waals surface area contributed by atoms with E-state index >= 15 is 0 Å². The average Bonchev–Trinajstić information content (AvgIpc) is 2.88. The van der Waals surface area contributed by atoms with Gasteiger partial charge in [0.15, 0.2) is 5.50 Å². The van der Waals surface area contributed by atoms with Gasteiger partial charge in [0, 0.05) is 19.1 Å². The van der Waals surface area contributed by atoms with E-state index in [0.29, 0.717) is 13.1 Å². The Morgan fingerprint density at radius 2 is 1.53 bits per heavy atom. The van der Waals surface area contributed by atoms with Crippen molar-refractivity contribution < 1.29 is 14.3 Å². The fourth-order valence-electron chi connectivity index (χ4n) is 5.92. The van der Waals surface area contributed by atoms with E-state index in [4.69, 9.17) is 16.3 Å². The van der Waals surface area contributed by atoms with Crippen molar-refractivity contribution in [2.45, 2.75) is 81.5 Å². The summed E-state index contributed by atoms with van der Waals surface area (Å²) in [7, 11) is 0. The number of amides is 1. The number of hydrogen-bond donors (Lipinski definition) is 1. The molecule has 0 spiro atoms. The number of hydrogen-bond acceptors (Lipinski definition) is 5. The van der Waals surface area contributed by atoms with Gasteiger partial charge in [-0.05, 0) is 56.2 Å². The zero-order chi connectivity index (χ0) is 24.9. The number of alkyl halides is 1. The van der Waals surface area contributed by atoms with Gasteiger partial charge < -0.3 is 15.0 Å². The van der Waals surface area contributed by atoms with Crippen LogP contribution in [0.1, 0.15) is 69.4 Å². The SMILES string of the molecule is O=C(OC1CCCCCCC1)C(c1ccccc1)N1CCC(N2C(=O)C(Cl)Nc3ccccc32)CC1. The van der Waals surface area contributed by atoms with Crippen molar-refractivity contribution in [2.75, 3.05) is 23.3 Å². The summed E-state index contributed by atoms with van der Waals surface area (Å²) in [6.07, 6.45) is 9.44. The second-order valence-corrected chi connectivity index (χ2v) is 10.7. The molecule has 36 heavy (non-hydrogen) atoms. The molecule has 2 aromatic rings. The average molecular weight is 510 g/mol. The van der Waals surface area contributed by atoms with Gasteiger partial charge in [0.25, 0.3) is 5.91 Å². The quantitative estimate of drug-likeness (QED) is 0.310. The van der Waals surface area contributed by atoms with Crippen LogP contribution >= 0.6 is 11.6 Å². The number of para-hydroxylation sites is 2. The Labute approximate surface area is 218 Å². The first-order chi connectivity index (χ1) is 17.6. The summed E-state index contributed by atoms with van der Waals surface area (Å²) in [5.41, 5.74) is 1.95. The van der Waals surface area contributed by atoms with E-state index in [2.05, 4.69) is 10.2 Å². The van der Waals surface area contributed by atoms with Gasteiger partial charge in [0.1, 0.15) is 12.1 Å². The van der Waals surface area contributed by atoms with Crippen LogP contribution in [0.25, 0.3) is 0 Å². The van der Waals surface area contributed by atoms with Crippen LogP contribution in [0.5, 0.6) is 0 Å². The van der Waals surface area contributed by atoms with Crippen molar-refractivity contribution in [3.63, 3.8) is 0 Å². The maximum atomic E-state index is 13.6.